The number of hydrogen-bond acceptors (Lipinski definition) is 6. The second kappa shape index (κ2) is 7.65. The summed E-state index contributed by atoms with van der Waals surface area (Å²) in [6, 6.07) is 7.92. The van der Waals surface area contributed by atoms with Crippen LogP contribution in [0.15, 0.2) is 30.5 Å². The maximum absolute atomic E-state index is 12.6. The van der Waals surface area contributed by atoms with Crippen LogP contribution < -0.4 is 23.5 Å². The Morgan fingerprint density at radius 2 is 1.90 bits per heavy atom. The van der Waals surface area contributed by atoms with Gasteiger partial charge in [-0.3, -0.25) is 4.79 Å². The Kier molecular flexibility index (Phi) is 4.81. The van der Waals surface area contributed by atoms with Crippen molar-refractivity contribution in [1.29, 1.82) is 0 Å². The summed E-state index contributed by atoms with van der Waals surface area (Å²) in [6.45, 7) is 3.15. The first-order chi connectivity index (χ1) is 15.1. The molecule has 160 valence electrons. The molecule has 0 unspecified atom stereocenters. The fourth-order valence-electron chi connectivity index (χ4n) is 4.54. The van der Waals surface area contributed by atoms with Gasteiger partial charge in [0, 0.05) is 17.4 Å². The SMILES string of the molecule is CCOC(=O)Cc1c2[n+](cc3c(OC)c(OC)ccc13)CCc1cc3c(cc1-2)OCO3. The lowest BCUT2D eigenvalue weighted by molar-refractivity contribution is -0.686. The minimum Gasteiger partial charge on any atom is -0.493 e. The summed E-state index contributed by atoms with van der Waals surface area (Å²) in [5.41, 5.74) is 4.12. The molecule has 0 saturated heterocycles. The number of rotatable bonds is 5. The number of aromatic nitrogens is 1. The van der Waals surface area contributed by atoms with Crippen LogP contribution in [-0.4, -0.2) is 33.6 Å². The summed E-state index contributed by atoms with van der Waals surface area (Å²) in [6.07, 6.45) is 3.08. The van der Waals surface area contributed by atoms with Gasteiger partial charge in [0.15, 0.2) is 35.7 Å². The highest BCUT2D eigenvalue weighted by Gasteiger charge is 2.33. The average molecular weight is 422 g/mol. The van der Waals surface area contributed by atoms with Gasteiger partial charge in [0.25, 0.3) is 0 Å². The summed E-state index contributed by atoms with van der Waals surface area (Å²) in [5, 5.41) is 1.83. The van der Waals surface area contributed by atoms with Gasteiger partial charge >= 0.3 is 5.97 Å². The van der Waals surface area contributed by atoms with E-state index >= 15 is 0 Å². The molecule has 2 aliphatic rings. The topological polar surface area (TPSA) is 67.1 Å². The van der Waals surface area contributed by atoms with E-state index in [1.54, 1.807) is 14.2 Å². The highest BCUT2D eigenvalue weighted by atomic mass is 16.7. The zero-order chi connectivity index (χ0) is 21.5. The van der Waals surface area contributed by atoms with Crippen molar-refractivity contribution in [3.05, 3.63) is 41.6 Å². The number of carbonyl (C=O) groups is 1. The summed E-state index contributed by atoms with van der Waals surface area (Å²) < 4.78 is 29.9. The number of ether oxygens (including phenoxy) is 5. The Morgan fingerprint density at radius 1 is 1.10 bits per heavy atom. The Labute approximate surface area is 180 Å². The minimum absolute atomic E-state index is 0.157. The van der Waals surface area contributed by atoms with Crippen molar-refractivity contribution in [1.82, 2.24) is 0 Å². The number of esters is 1. The van der Waals surface area contributed by atoms with Crippen LogP contribution >= 0.6 is 0 Å². The van der Waals surface area contributed by atoms with E-state index in [0.29, 0.717) is 18.1 Å². The molecule has 3 aromatic rings. The van der Waals surface area contributed by atoms with Crippen molar-refractivity contribution in [3.8, 4) is 34.3 Å². The van der Waals surface area contributed by atoms with E-state index in [4.69, 9.17) is 23.7 Å². The van der Waals surface area contributed by atoms with Crippen molar-refractivity contribution in [2.24, 2.45) is 0 Å². The van der Waals surface area contributed by atoms with Crippen molar-refractivity contribution < 1.29 is 33.0 Å². The third-order valence-corrected chi connectivity index (χ3v) is 5.87. The van der Waals surface area contributed by atoms with E-state index in [2.05, 4.69) is 10.8 Å². The Balaban J connectivity index is 1.80. The fourth-order valence-corrected chi connectivity index (χ4v) is 4.54. The molecule has 7 heteroatoms. The Hall–Kier alpha value is -3.48. The van der Waals surface area contributed by atoms with Gasteiger partial charge in [-0.2, -0.15) is 4.57 Å². The lowest BCUT2D eigenvalue weighted by atomic mass is 9.90. The molecule has 0 radical (unpaired) electrons. The van der Waals surface area contributed by atoms with Gasteiger partial charge in [-0.15, -0.1) is 0 Å². The number of nitrogens with zero attached hydrogens (tertiary/aromatic N) is 1. The summed E-state index contributed by atoms with van der Waals surface area (Å²) in [4.78, 5) is 12.6. The van der Waals surface area contributed by atoms with Crippen LogP contribution in [-0.2, 0) is 28.9 Å². The largest absolute Gasteiger partial charge is 0.493 e. The maximum Gasteiger partial charge on any atom is 0.310 e. The lowest BCUT2D eigenvalue weighted by Crippen LogP contribution is -2.41. The molecule has 0 spiro atoms. The molecule has 0 aliphatic carbocycles. The molecule has 0 fully saturated rings. The van der Waals surface area contributed by atoms with Gasteiger partial charge in [-0.05, 0) is 36.8 Å². The highest BCUT2D eigenvalue weighted by Crippen LogP contribution is 2.43. The van der Waals surface area contributed by atoms with E-state index in [1.807, 2.05) is 31.2 Å². The molecule has 3 heterocycles. The van der Waals surface area contributed by atoms with Crippen molar-refractivity contribution in [3.63, 3.8) is 0 Å². The molecule has 1 aromatic heterocycles. The number of fused-ring (bicyclic) bond motifs is 5. The predicted octanol–water partition coefficient (Wildman–Crippen LogP) is 3.20. The lowest BCUT2D eigenvalue weighted by Gasteiger charge is -2.20. The zero-order valence-electron chi connectivity index (χ0n) is 17.8. The summed E-state index contributed by atoms with van der Waals surface area (Å²) >= 11 is 0. The van der Waals surface area contributed by atoms with Gasteiger partial charge in [-0.1, -0.05) is 0 Å². The molecule has 5 rings (SSSR count). The zero-order valence-corrected chi connectivity index (χ0v) is 17.8. The van der Waals surface area contributed by atoms with Crippen LogP contribution in [0, 0.1) is 0 Å². The van der Waals surface area contributed by atoms with E-state index in [1.165, 1.54) is 5.56 Å². The number of hydrogen-bond donors (Lipinski definition) is 0. The standard InChI is InChI=1S/C24H24NO6/c1-4-29-22(26)11-17-15-5-6-19(27-2)24(28-3)18(15)12-25-8-7-14-9-20-21(31-13-30-20)10-16(14)23(17)25/h5-6,9-10,12H,4,7-8,11,13H2,1-3H3/q+1. The van der Waals surface area contributed by atoms with Gasteiger partial charge in [0.05, 0.1) is 38.2 Å². The Bertz CT molecular complexity index is 1200. The molecule has 0 atom stereocenters. The van der Waals surface area contributed by atoms with Gasteiger partial charge in [-0.25, -0.2) is 0 Å². The van der Waals surface area contributed by atoms with E-state index in [-0.39, 0.29) is 19.2 Å². The fraction of sp³-hybridized carbons (Fsp3) is 0.333. The van der Waals surface area contributed by atoms with Crippen LogP contribution in [0.25, 0.3) is 22.0 Å². The smallest absolute Gasteiger partial charge is 0.310 e. The molecular weight excluding hydrogens is 398 g/mol. The number of aryl methyl sites for hydroxylation is 2. The quantitative estimate of drug-likeness (QED) is 0.465. The second-order valence-corrected chi connectivity index (χ2v) is 7.51. The monoisotopic (exact) mass is 422 g/mol. The van der Waals surface area contributed by atoms with Gasteiger partial charge < -0.3 is 23.7 Å². The first kappa shape index (κ1) is 19.5. The molecule has 2 aromatic carbocycles. The maximum atomic E-state index is 12.6. The van der Waals surface area contributed by atoms with Gasteiger partial charge in [0.1, 0.15) is 0 Å². The molecular formula is C24H24NO6+. The van der Waals surface area contributed by atoms with Gasteiger partial charge in [0.2, 0.25) is 12.5 Å². The molecule has 31 heavy (non-hydrogen) atoms. The van der Waals surface area contributed by atoms with Crippen molar-refractivity contribution >= 4 is 16.7 Å². The van der Waals surface area contributed by atoms with Crippen LogP contribution in [0.1, 0.15) is 18.1 Å². The number of benzene rings is 2. The van der Waals surface area contributed by atoms with Crippen LogP contribution in [0.5, 0.6) is 23.0 Å². The van der Waals surface area contributed by atoms with Crippen molar-refractivity contribution in [2.75, 3.05) is 27.6 Å². The number of carbonyl (C=O) groups excluding carboxylic acids is 1. The first-order valence-electron chi connectivity index (χ1n) is 10.3. The molecule has 0 amide bonds. The summed E-state index contributed by atoms with van der Waals surface area (Å²) in [7, 11) is 3.25. The third-order valence-electron chi connectivity index (χ3n) is 5.87. The van der Waals surface area contributed by atoms with Crippen LogP contribution in [0.3, 0.4) is 0 Å². The Morgan fingerprint density at radius 3 is 2.65 bits per heavy atom. The molecule has 7 nitrogen and oxygen atoms in total. The normalized spacial score (nSPS) is 13.5. The number of methoxy groups -OCH3 is 2. The van der Waals surface area contributed by atoms with Crippen molar-refractivity contribution in [2.45, 2.75) is 26.3 Å². The second-order valence-electron chi connectivity index (χ2n) is 7.51. The molecule has 0 saturated carbocycles. The third kappa shape index (κ3) is 3.12. The molecule has 0 N–H and O–H groups in total. The average Bonchev–Trinajstić information content (AvgIpc) is 3.23. The first-order valence-corrected chi connectivity index (χ1v) is 10.3. The summed E-state index contributed by atoms with van der Waals surface area (Å²) in [5.74, 6) is 2.53. The highest BCUT2D eigenvalue weighted by molar-refractivity contribution is 5.97. The van der Waals surface area contributed by atoms with E-state index in [9.17, 15) is 4.79 Å². The molecule has 2 aliphatic heterocycles. The van der Waals surface area contributed by atoms with Crippen LogP contribution in [0.4, 0.5) is 0 Å². The predicted molar refractivity (Wildman–Crippen MR) is 113 cm³/mol. The van der Waals surface area contributed by atoms with E-state index in [0.717, 1.165) is 52.1 Å². The molecule has 0 bridgehead atoms. The number of pyridine rings is 1. The minimum atomic E-state index is -0.263. The van der Waals surface area contributed by atoms with E-state index < -0.39 is 0 Å². The van der Waals surface area contributed by atoms with Crippen LogP contribution in [0.2, 0.25) is 0 Å².